The molecular formula is C12H14N4O. The zero-order valence-electron chi connectivity index (χ0n) is 9.50. The molecule has 0 aliphatic heterocycles. The molecular weight excluding hydrogens is 216 g/mol. The van der Waals surface area contributed by atoms with E-state index in [9.17, 15) is 4.79 Å². The Morgan fingerprint density at radius 2 is 2.12 bits per heavy atom. The van der Waals surface area contributed by atoms with Gasteiger partial charge in [-0.15, -0.1) is 0 Å². The maximum absolute atomic E-state index is 11.4. The first-order valence-corrected chi connectivity index (χ1v) is 5.33. The summed E-state index contributed by atoms with van der Waals surface area (Å²) in [5, 5.41) is 6.83. The number of benzene rings is 1. The molecule has 17 heavy (non-hydrogen) atoms. The first-order valence-electron chi connectivity index (χ1n) is 5.33. The maximum Gasteiger partial charge on any atom is 0.240 e. The second-order valence-corrected chi connectivity index (χ2v) is 3.78. The lowest BCUT2D eigenvalue weighted by atomic mass is 10.2. The van der Waals surface area contributed by atoms with E-state index in [1.54, 1.807) is 17.8 Å². The highest BCUT2D eigenvalue weighted by molar-refractivity contribution is 5.94. The molecule has 3 N–H and O–H groups in total. The molecule has 0 aliphatic carbocycles. The highest BCUT2D eigenvalue weighted by Gasteiger charge is 2.07. The molecule has 0 saturated carbocycles. The Labute approximate surface area is 99.2 Å². The van der Waals surface area contributed by atoms with Crippen LogP contribution in [0, 0.1) is 0 Å². The Balaban J connectivity index is 2.11. The zero-order chi connectivity index (χ0) is 12.3. The SMILES string of the molecule is C[C@@H](N)C(=O)Nc1ccc(-n2cccn2)cc1. The number of rotatable bonds is 3. The van der Waals surface area contributed by atoms with Crippen LogP contribution in [-0.2, 0) is 4.79 Å². The average molecular weight is 230 g/mol. The molecule has 5 nitrogen and oxygen atoms in total. The van der Waals surface area contributed by atoms with Crippen molar-refractivity contribution in [3.05, 3.63) is 42.7 Å². The van der Waals surface area contributed by atoms with Gasteiger partial charge in [0.2, 0.25) is 5.91 Å². The summed E-state index contributed by atoms with van der Waals surface area (Å²) in [6.45, 7) is 1.65. The summed E-state index contributed by atoms with van der Waals surface area (Å²) in [5.74, 6) is -0.197. The third-order valence-corrected chi connectivity index (χ3v) is 2.32. The molecule has 1 aromatic heterocycles. The lowest BCUT2D eigenvalue weighted by Crippen LogP contribution is -2.32. The molecule has 2 aromatic rings. The van der Waals surface area contributed by atoms with E-state index in [-0.39, 0.29) is 5.91 Å². The molecule has 0 unspecified atom stereocenters. The molecule has 1 heterocycles. The summed E-state index contributed by atoms with van der Waals surface area (Å²) in [7, 11) is 0. The number of anilines is 1. The third kappa shape index (κ3) is 2.70. The Morgan fingerprint density at radius 3 is 2.65 bits per heavy atom. The summed E-state index contributed by atoms with van der Waals surface area (Å²) in [4.78, 5) is 11.4. The Morgan fingerprint density at radius 1 is 1.41 bits per heavy atom. The Kier molecular flexibility index (Phi) is 3.20. The van der Waals surface area contributed by atoms with Crippen molar-refractivity contribution in [2.24, 2.45) is 5.73 Å². The number of amides is 1. The molecule has 0 spiro atoms. The highest BCUT2D eigenvalue weighted by Crippen LogP contribution is 2.12. The lowest BCUT2D eigenvalue weighted by Gasteiger charge is -2.08. The van der Waals surface area contributed by atoms with E-state index >= 15 is 0 Å². The number of aromatic nitrogens is 2. The van der Waals surface area contributed by atoms with Crippen LogP contribution in [0.5, 0.6) is 0 Å². The van der Waals surface area contributed by atoms with Gasteiger partial charge in [0.15, 0.2) is 0 Å². The van der Waals surface area contributed by atoms with Crippen molar-refractivity contribution in [1.82, 2.24) is 9.78 Å². The van der Waals surface area contributed by atoms with E-state index in [0.29, 0.717) is 0 Å². The van der Waals surface area contributed by atoms with Crippen LogP contribution in [0.25, 0.3) is 5.69 Å². The van der Waals surface area contributed by atoms with Crippen molar-refractivity contribution in [2.45, 2.75) is 13.0 Å². The number of nitrogens with one attached hydrogen (secondary N) is 1. The second-order valence-electron chi connectivity index (χ2n) is 3.78. The molecule has 0 fully saturated rings. The standard InChI is InChI=1S/C12H14N4O/c1-9(13)12(17)15-10-3-5-11(6-4-10)16-8-2-7-14-16/h2-9H,13H2,1H3,(H,15,17)/t9-/m1/s1. The normalized spacial score (nSPS) is 12.1. The van der Waals surface area contributed by atoms with E-state index in [2.05, 4.69) is 10.4 Å². The van der Waals surface area contributed by atoms with Gasteiger partial charge in [-0.3, -0.25) is 4.79 Å². The van der Waals surface area contributed by atoms with E-state index < -0.39 is 6.04 Å². The molecule has 0 bridgehead atoms. The van der Waals surface area contributed by atoms with E-state index in [1.165, 1.54) is 0 Å². The molecule has 0 aliphatic rings. The van der Waals surface area contributed by atoms with E-state index in [0.717, 1.165) is 11.4 Å². The number of hydrogen-bond donors (Lipinski definition) is 2. The van der Waals surface area contributed by atoms with Crippen LogP contribution in [0.15, 0.2) is 42.7 Å². The van der Waals surface area contributed by atoms with Gasteiger partial charge < -0.3 is 11.1 Å². The fourth-order valence-corrected chi connectivity index (χ4v) is 1.38. The first-order chi connectivity index (χ1) is 8.16. The number of hydrogen-bond acceptors (Lipinski definition) is 3. The fourth-order valence-electron chi connectivity index (χ4n) is 1.38. The minimum atomic E-state index is -0.513. The maximum atomic E-state index is 11.4. The van der Waals surface area contributed by atoms with Gasteiger partial charge in [-0.2, -0.15) is 5.10 Å². The van der Waals surface area contributed by atoms with Crippen LogP contribution in [0.1, 0.15) is 6.92 Å². The molecule has 0 saturated heterocycles. The van der Waals surface area contributed by atoms with Crippen molar-refractivity contribution in [3.8, 4) is 5.69 Å². The third-order valence-electron chi connectivity index (χ3n) is 2.32. The smallest absolute Gasteiger partial charge is 0.240 e. The molecule has 1 aromatic carbocycles. The van der Waals surface area contributed by atoms with Crippen LogP contribution >= 0.6 is 0 Å². The summed E-state index contributed by atoms with van der Waals surface area (Å²) in [6, 6.07) is 8.73. The van der Waals surface area contributed by atoms with Crippen LogP contribution in [-0.4, -0.2) is 21.7 Å². The van der Waals surface area contributed by atoms with Crippen LogP contribution < -0.4 is 11.1 Å². The largest absolute Gasteiger partial charge is 0.325 e. The van der Waals surface area contributed by atoms with Crippen LogP contribution in [0.4, 0.5) is 5.69 Å². The molecule has 5 heteroatoms. The predicted octanol–water partition coefficient (Wildman–Crippen LogP) is 1.16. The van der Waals surface area contributed by atoms with Gasteiger partial charge >= 0.3 is 0 Å². The number of carbonyl (C=O) groups excluding carboxylic acids is 1. The predicted molar refractivity (Wildman–Crippen MR) is 65.8 cm³/mol. The minimum Gasteiger partial charge on any atom is -0.325 e. The Bertz CT molecular complexity index is 488. The fraction of sp³-hybridized carbons (Fsp3) is 0.167. The molecule has 2 rings (SSSR count). The lowest BCUT2D eigenvalue weighted by molar-refractivity contribution is -0.117. The van der Waals surface area contributed by atoms with Gasteiger partial charge in [-0.1, -0.05) is 0 Å². The molecule has 1 amide bonds. The zero-order valence-corrected chi connectivity index (χ0v) is 9.50. The monoisotopic (exact) mass is 230 g/mol. The van der Waals surface area contributed by atoms with Crippen molar-refractivity contribution in [2.75, 3.05) is 5.32 Å². The number of nitrogens with two attached hydrogens (primary N) is 1. The van der Waals surface area contributed by atoms with Crippen LogP contribution in [0.3, 0.4) is 0 Å². The van der Waals surface area contributed by atoms with Gasteiger partial charge in [-0.05, 0) is 37.3 Å². The number of carbonyl (C=O) groups is 1. The van der Waals surface area contributed by atoms with Gasteiger partial charge in [0, 0.05) is 18.1 Å². The number of nitrogens with zero attached hydrogens (tertiary/aromatic N) is 2. The van der Waals surface area contributed by atoms with Crippen molar-refractivity contribution in [3.63, 3.8) is 0 Å². The minimum absolute atomic E-state index is 0.197. The molecule has 1 atom stereocenters. The van der Waals surface area contributed by atoms with Gasteiger partial charge in [0.25, 0.3) is 0 Å². The van der Waals surface area contributed by atoms with E-state index in [1.807, 2.05) is 36.5 Å². The summed E-state index contributed by atoms with van der Waals surface area (Å²) in [5.41, 5.74) is 7.13. The topological polar surface area (TPSA) is 72.9 Å². The van der Waals surface area contributed by atoms with Crippen molar-refractivity contribution < 1.29 is 4.79 Å². The van der Waals surface area contributed by atoms with Crippen molar-refractivity contribution in [1.29, 1.82) is 0 Å². The quantitative estimate of drug-likeness (QED) is 0.831. The van der Waals surface area contributed by atoms with Gasteiger partial charge in [0.05, 0.1) is 11.7 Å². The van der Waals surface area contributed by atoms with E-state index in [4.69, 9.17) is 5.73 Å². The summed E-state index contributed by atoms with van der Waals surface area (Å²) < 4.78 is 1.75. The van der Waals surface area contributed by atoms with Crippen LogP contribution in [0.2, 0.25) is 0 Å². The Hall–Kier alpha value is -2.14. The molecule has 0 radical (unpaired) electrons. The molecule has 88 valence electrons. The van der Waals surface area contributed by atoms with Gasteiger partial charge in [0.1, 0.15) is 0 Å². The van der Waals surface area contributed by atoms with Crippen molar-refractivity contribution >= 4 is 11.6 Å². The summed E-state index contributed by atoms with van der Waals surface area (Å²) >= 11 is 0. The first kappa shape index (κ1) is 11.3. The summed E-state index contributed by atoms with van der Waals surface area (Å²) in [6.07, 6.45) is 3.57. The average Bonchev–Trinajstić information content (AvgIpc) is 2.83. The highest BCUT2D eigenvalue weighted by atomic mass is 16.2. The second kappa shape index (κ2) is 4.80. The van der Waals surface area contributed by atoms with Gasteiger partial charge in [-0.25, -0.2) is 4.68 Å².